The molecule has 158 valence electrons. The van der Waals surface area contributed by atoms with Gasteiger partial charge in [0.1, 0.15) is 0 Å². The lowest BCUT2D eigenvalue weighted by Gasteiger charge is -2.36. The largest absolute Gasteiger partial charge is 0.452 e. The van der Waals surface area contributed by atoms with E-state index < -0.39 is 42.5 Å². The van der Waals surface area contributed by atoms with Crippen LogP contribution in [0.3, 0.4) is 0 Å². The lowest BCUT2D eigenvalue weighted by atomic mass is 10.0. The molecule has 0 N–H and O–H groups in total. The van der Waals surface area contributed by atoms with Crippen LogP contribution in [0.4, 0.5) is 0 Å². The fourth-order valence-corrected chi connectivity index (χ4v) is 3.34. The van der Waals surface area contributed by atoms with Crippen molar-refractivity contribution in [2.24, 2.45) is 0 Å². The molecule has 0 radical (unpaired) electrons. The van der Waals surface area contributed by atoms with Crippen LogP contribution in [0.1, 0.15) is 27.6 Å². The molecule has 2 heterocycles. The molecule has 8 nitrogen and oxygen atoms in total. The van der Waals surface area contributed by atoms with Gasteiger partial charge in [0.2, 0.25) is 0 Å². The van der Waals surface area contributed by atoms with Crippen molar-refractivity contribution in [3.63, 3.8) is 0 Å². The summed E-state index contributed by atoms with van der Waals surface area (Å²) in [5.41, 5.74) is 0.736. The second kappa shape index (κ2) is 8.53. The molecule has 2 aromatic rings. The lowest BCUT2D eigenvalue weighted by Crippen LogP contribution is -2.55. The maximum absolute atomic E-state index is 12.7. The van der Waals surface area contributed by atoms with E-state index in [-0.39, 0.29) is 6.61 Å². The van der Waals surface area contributed by atoms with E-state index in [1.807, 2.05) is 0 Å². The van der Waals surface area contributed by atoms with Crippen LogP contribution < -0.4 is 0 Å². The fourth-order valence-electron chi connectivity index (χ4n) is 3.34. The monoisotopic (exact) mass is 414 g/mol. The Kier molecular flexibility index (Phi) is 5.83. The van der Waals surface area contributed by atoms with Crippen molar-refractivity contribution >= 4 is 11.9 Å². The highest BCUT2D eigenvalue weighted by Crippen LogP contribution is 2.37. The molecule has 0 amide bonds. The smallest absolute Gasteiger partial charge is 0.338 e. The second-order valence-electron chi connectivity index (χ2n) is 7.01. The van der Waals surface area contributed by atoms with Crippen molar-refractivity contribution in [1.82, 2.24) is 0 Å². The molecule has 2 fully saturated rings. The van der Waals surface area contributed by atoms with Gasteiger partial charge in [0.05, 0.1) is 17.7 Å². The molecule has 2 aliphatic rings. The fraction of sp³-hybridized carbons (Fsp3) is 0.364. The molecule has 0 aromatic heterocycles. The summed E-state index contributed by atoms with van der Waals surface area (Å²) in [5, 5.41) is 0. The average molecular weight is 414 g/mol. The van der Waals surface area contributed by atoms with Crippen molar-refractivity contribution in [2.45, 2.75) is 37.5 Å². The Bertz CT molecular complexity index is 887. The molecule has 2 aliphatic heterocycles. The first-order valence-electron chi connectivity index (χ1n) is 9.53. The molecule has 0 aliphatic carbocycles. The van der Waals surface area contributed by atoms with Crippen LogP contribution in [-0.2, 0) is 28.4 Å². The Morgan fingerprint density at radius 3 is 2.03 bits per heavy atom. The zero-order valence-corrected chi connectivity index (χ0v) is 16.6. The van der Waals surface area contributed by atoms with E-state index in [4.69, 9.17) is 28.4 Å². The van der Waals surface area contributed by atoms with Gasteiger partial charge >= 0.3 is 11.9 Å². The van der Waals surface area contributed by atoms with Crippen LogP contribution in [0.2, 0.25) is 0 Å². The Labute approximate surface area is 173 Å². The summed E-state index contributed by atoms with van der Waals surface area (Å²) in [7, 11) is 1.43. The Morgan fingerprint density at radius 1 is 0.900 bits per heavy atom. The SMILES string of the molecule is COC1(C)O[C@H]2OC[C@@H](OC(=O)c3ccccc3)[C@H](OC(=O)c3ccccc3)[C@H]2O1. The van der Waals surface area contributed by atoms with Gasteiger partial charge in [-0.2, -0.15) is 0 Å². The summed E-state index contributed by atoms with van der Waals surface area (Å²) in [6.45, 7) is 1.55. The van der Waals surface area contributed by atoms with Crippen LogP contribution in [0.15, 0.2) is 60.7 Å². The molecular formula is C22H22O8. The quantitative estimate of drug-likeness (QED) is 0.690. The molecule has 0 spiro atoms. The standard InChI is InChI=1S/C22H22O8/c1-22(25-2)29-18-17(28-20(24)15-11-7-4-8-12-15)16(13-26-21(18)30-22)27-19(23)14-9-5-3-6-10-14/h3-12,16-18,21H,13H2,1-2H3/t16-,17+,18-,21-,22?/m1/s1. The van der Waals surface area contributed by atoms with Crippen molar-refractivity contribution < 1.29 is 38.0 Å². The average Bonchev–Trinajstić information content (AvgIpc) is 3.14. The summed E-state index contributed by atoms with van der Waals surface area (Å²) < 4.78 is 33.7. The highest BCUT2D eigenvalue weighted by molar-refractivity contribution is 5.90. The van der Waals surface area contributed by atoms with E-state index in [0.717, 1.165) is 0 Å². The third-order valence-corrected chi connectivity index (χ3v) is 4.95. The minimum absolute atomic E-state index is 0.0321. The maximum atomic E-state index is 12.7. The van der Waals surface area contributed by atoms with Gasteiger partial charge < -0.3 is 23.7 Å². The van der Waals surface area contributed by atoms with Gasteiger partial charge in [0.25, 0.3) is 5.97 Å². The van der Waals surface area contributed by atoms with E-state index in [9.17, 15) is 9.59 Å². The number of benzene rings is 2. The van der Waals surface area contributed by atoms with E-state index in [0.29, 0.717) is 11.1 Å². The summed E-state index contributed by atoms with van der Waals surface area (Å²) in [6, 6.07) is 17.1. The van der Waals surface area contributed by atoms with Crippen molar-refractivity contribution in [3.8, 4) is 0 Å². The Hall–Kier alpha value is -2.78. The molecule has 5 atom stereocenters. The number of carbonyl (C=O) groups is 2. The maximum Gasteiger partial charge on any atom is 0.338 e. The second-order valence-corrected chi connectivity index (χ2v) is 7.01. The van der Waals surface area contributed by atoms with Crippen molar-refractivity contribution in [1.29, 1.82) is 0 Å². The molecule has 0 bridgehead atoms. The highest BCUT2D eigenvalue weighted by atomic mass is 16.9. The molecule has 0 saturated carbocycles. The molecule has 2 saturated heterocycles. The first-order chi connectivity index (χ1) is 14.5. The molecular weight excluding hydrogens is 392 g/mol. The summed E-state index contributed by atoms with van der Waals surface area (Å²) in [4.78, 5) is 25.3. The molecule has 4 rings (SSSR count). The van der Waals surface area contributed by atoms with Gasteiger partial charge in [0.15, 0.2) is 24.6 Å². The summed E-state index contributed by atoms with van der Waals surface area (Å²) >= 11 is 0. The summed E-state index contributed by atoms with van der Waals surface area (Å²) in [5.74, 6) is -2.50. The first-order valence-corrected chi connectivity index (χ1v) is 9.53. The lowest BCUT2D eigenvalue weighted by molar-refractivity contribution is -0.331. The zero-order valence-electron chi connectivity index (χ0n) is 16.6. The Morgan fingerprint density at radius 2 is 1.47 bits per heavy atom. The van der Waals surface area contributed by atoms with Gasteiger partial charge in [-0.15, -0.1) is 0 Å². The van der Waals surface area contributed by atoms with Gasteiger partial charge in [-0.3, -0.25) is 4.74 Å². The number of carbonyl (C=O) groups excluding carboxylic acids is 2. The van der Waals surface area contributed by atoms with Crippen LogP contribution in [0.5, 0.6) is 0 Å². The number of rotatable bonds is 5. The molecule has 2 aromatic carbocycles. The first kappa shape index (κ1) is 20.5. The Balaban J connectivity index is 1.56. The minimum atomic E-state index is -1.37. The normalized spacial score (nSPS) is 30.3. The molecule has 1 unspecified atom stereocenters. The van der Waals surface area contributed by atoms with Crippen LogP contribution >= 0.6 is 0 Å². The van der Waals surface area contributed by atoms with E-state index >= 15 is 0 Å². The number of hydrogen-bond acceptors (Lipinski definition) is 8. The predicted octanol–water partition coefficient (Wildman–Crippen LogP) is 2.53. The highest BCUT2D eigenvalue weighted by Gasteiger charge is 2.56. The summed E-state index contributed by atoms with van der Waals surface area (Å²) in [6.07, 6.45) is -3.53. The minimum Gasteiger partial charge on any atom is -0.452 e. The van der Waals surface area contributed by atoms with Crippen molar-refractivity contribution in [2.75, 3.05) is 13.7 Å². The van der Waals surface area contributed by atoms with Crippen molar-refractivity contribution in [3.05, 3.63) is 71.8 Å². The van der Waals surface area contributed by atoms with Gasteiger partial charge in [-0.05, 0) is 24.3 Å². The molecule has 8 heteroatoms. The number of ether oxygens (including phenoxy) is 6. The number of hydrogen-bond donors (Lipinski definition) is 0. The van der Waals surface area contributed by atoms with E-state index in [2.05, 4.69) is 0 Å². The van der Waals surface area contributed by atoms with E-state index in [1.165, 1.54) is 7.11 Å². The zero-order chi connectivity index (χ0) is 21.1. The topological polar surface area (TPSA) is 89.5 Å². The number of fused-ring (bicyclic) bond motifs is 1. The third kappa shape index (κ3) is 4.22. The predicted molar refractivity (Wildman–Crippen MR) is 102 cm³/mol. The van der Waals surface area contributed by atoms with Crippen LogP contribution in [0.25, 0.3) is 0 Å². The van der Waals surface area contributed by atoms with E-state index in [1.54, 1.807) is 67.6 Å². The number of esters is 2. The van der Waals surface area contributed by atoms with Gasteiger partial charge in [-0.1, -0.05) is 36.4 Å². The van der Waals surface area contributed by atoms with Gasteiger partial charge in [0, 0.05) is 14.0 Å². The third-order valence-electron chi connectivity index (χ3n) is 4.95. The van der Waals surface area contributed by atoms with Crippen LogP contribution in [-0.4, -0.2) is 56.2 Å². The van der Waals surface area contributed by atoms with Crippen LogP contribution in [0, 0.1) is 0 Å². The number of methoxy groups -OCH3 is 1. The van der Waals surface area contributed by atoms with Gasteiger partial charge in [-0.25, -0.2) is 9.59 Å². The molecule has 30 heavy (non-hydrogen) atoms.